The Balaban J connectivity index is 0.00000124. The maximum atomic E-state index is 12.5. The maximum Gasteiger partial charge on any atom is 0.196 e. The lowest BCUT2D eigenvalue weighted by atomic mass is 10.1. The van der Waals surface area contributed by atoms with Crippen molar-refractivity contribution in [2.45, 2.75) is 25.9 Å². The van der Waals surface area contributed by atoms with E-state index in [0.29, 0.717) is 16.5 Å². The largest absolute Gasteiger partial charge is 0.293 e. The van der Waals surface area contributed by atoms with Crippen molar-refractivity contribution >= 4 is 17.5 Å². The van der Waals surface area contributed by atoms with Gasteiger partial charge >= 0.3 is 0 Å². The number of carbonyl (C=O) groups is 1. The summed E-state index contributed by atoms with van der Waals surface area (Å²) in [6, 6.07) is 27.5. The highest BCUT2D eigenvalue weighted by Crippen LogP contribution is 2.28. The van der Waals surface area contributed by atoms with Crippen LogP contribution in [-0.2, 0) is 0 Å². The SMILES string of the molecule is CC.Cc1ccc(-c2nnc(SCC(=O)c3ccccc3)n2-c2ccccc2)cc1. The molecule has 0 amide bonds. The monoisotopic (exact) mass is 415 g/mol. The first-order valence-corrected chi connectivity index (χ1v) is 11.0. The molecule has 3 aromatic carbocycles. The zero-order valence-electron chi connectivity index (χ0n) is 17.4. The predicted octanol–water partition coefficient (Wildman–Crippen LogP) is 6.24. The van der Waals surface area contributed by atoms with Crippen molar-refractivity contribution in [2.24, 2.45) is 0 Å². The van der Waals surface area contributed by atoms with Gasteiger partial charge in [-0.15, -0.1) is 10.2 Å². The van der Waals surface area contributed by atoms with Gasteiger partial charge in [0.15, 0.2) is 16.8 Å². The molecule has 0 saturated heterocycles. The summed E-state index contributed by atoms with van der Waals surface area (Å²) in [4.78, 5) is 12.5. The zero-order chi connectivity index (χ0) is 21.3. The molecular weight excluding hydrogens is 390 g/mol. The van der Waals surface area contributed by atoms with Gasteiger partial charge in [-0.25, -0.2) is 0 Å². The van der Waals surface area contributed by atoms with Crippen molar-refractivity contribution in [1.82, 2.24) is 14.8 Å². The number of rotatable bonds is 6. The molecule has 0 aliphatic carbocycles. The molecule has 4 nitrogen and oxygen atoms in total. The van der Waals surface area contributed by atoms with Gasteiger partial charge in [-0.2, -0.15) is 0 Å². The molecule has 0 spiro atoms. The van der Waals surface area contributed by atoms with Crippen LogP contribution in [0.3, 0.4) is 0 Å². The van der Waals surface area contributed by atoms with Crippen molar-refractivity contribution in [3.63, 3.8) is 0 Å². The Morgan fingerprint density at radius 2 is 1.43 bits per heavy atom. The standard InChI is InChI=1S/C23H19N3OS.C2H6/c1-17-12-14-19(15-13-17)22-24-25-23(26(22)20-10-6-3-7-11-20)28-16-21(27)18-8-4-2-5-9-18;1-2/h2-15H,16H2,1H3;1-2H3. The van der Waals surface area contributed by atoms with Gasteiger partial charge in [0.25, 0.3) is 0 Å². The lowest BCUT2D eigenvalue weighted by Crippen LogP contribution is -2.04. The van der Waals surface area contributed by atoms with Crippen molar-refractivity contribution in [1.29, 1.82) is 0 Å². The number of ketones is 1. The molecule has 1 heterocycles. The molecule has 0 unspecified atom stereocenters. The molecular formula is C25H25N3OS. The van der Waals surface area contributed by atoms with Gasteiger partial charge in [-0.1, -0.05) is 104 Å². The van der Waals surface area contributed by atoms with Crippen molar-refractivity contribution in [2.75, 3.05) is 5.75 Å². The summed E-state index contributed by atoms with van der Waals surface area (Å²) in [6.07, 6.45) is 0. The number of carbonyl (C=O) groups excluding carboxylic acids is 1. The van der Waals surface area contributed by atoms with Crippen LogP contribution in [0.2, 0.25) is 0 Å². The Morgan fingerprint density at radius 1 is 0.833 bits per heavy atom. The topological polar surface area (TPSA) is 47.8 Å². The molecule has 30 heavy (non-hydrogen) atoms. The minimum absolute atomic E-state index is 0.0742. The number of nitrogens with zero attached hydrogens (tertiary/aromatic N) is 3. The summed E-state index contributed by atoms with van der Waals surface area (Å²) < 4.78 is 2.01. The number of aryl methyl sites for hydroxylation is 1. The average Bonchev–Trinajstić information content (AvgIpc) is 3.24. The first kappa shape index (κ1) is 21.5. The van der Waals surface area contributed by atoms with E-state index in [4.69, 9.17) is 0 Å². The predicted molar refractivity (Wildman–Crippen MR) is 124 cm³/mol. The van der Waals surface area contributed by atoms with Gasteiger partial charge in [-0.05, 0) is 19.1 Å². The zero-order valence-corrected chi connectivity index (χ0v) is 18.3. The number of hydrogen-bond donors (Lipinski definition) is 0. The van der Waals surface area contributed by atoms with E-state index in [9.17, 15) is 4.79 Å². The Morgan fingerprint density at radius 3 is 2.07 bits per heavy atom. The number of aromatic nitrogens is 3. The van der Waals surface area contributed by atoms with Crippen molar-refractivity contribution in [3.05, 3.63) is 96.1 Å². The Hall–Kier alpha value is -3.18. The first-order valence-electron chi connectivity index (χ1n) is 10.0. The van der Waals surface area contributed by atoms with Crippen LogP contribution in [0.1, 0.15) is 29.8 Å². The smallest absolute Gasteiger partial charge is 0.196 e. The molecule has 0 aliphatic rings. The van der Waals surface area contributed by atoms with Crippen LogP contribution in [0.4, 0.5) is 0 Å². The fraction of sp³-hybridized carbons (Fsp3) is 0.160. The fourth-order valence-corrected chi connectivity index (χ4v) is 3.75. The second-order valence-electron chi connectivity index (χ2n) is 6.42. The van der Waals surface area contributed by atoms with Gasteiger partial charge in [0.05, 0.1) is 5.75 Å². The first-order chi connectivity index (χ1) is 14.7. The van der Waals surface area contributed by atoms with E-state index < -0.39 is 0 Å². The minimum Gasteiger partial charge on any atom is -0.293 e. The second kappa shape index (κ2) is 10.6. The van der Waals surface area contributed by atoms with E-state index in [2.05, 4.69) is 29.3 Å². The molecule has 1 aromatic heterocycles. The summed E-state index contributed by atoms with van der Waals surface area (Å²) in [5.74, 6) is 1.15. The molecule has 0 N–H and O–H groups in total. The number of para-hydroxylation sites is 1. The van der Waals surface area contributed by atoms with Crippen LogP contribution >= 0.6 is 11.8 Å². The van der Waals surface area contributed by atoms with Crippen molar-refractivity contribution in [3.8, 4) is 17.1 Å². The molecule has 0 fully saturated rings. The summed E-state index contributed by atoms with van der Waals surface area (Å²) in [7, 11) is 0. The third-order valence-electron chi connectivity index (χ3n) is 4.39. The van der Waals surface area contributed by atoms with Crippen LogP contribution in [-0.4, -0.2) is 26.3 Å². The van der Waals surface area contributed by atoms with Gasteiger partial charge in [-0.3, -0.25) is 9.36 Å². The number of benzene rings is 3. The van der Waals surface area contributed by atoms with E-state index >= 15 is 0 Å². The molecule has 4 rings (SSSR count). The van der Waals surface area contributed by atoms with Gasteiger partial charge in [0.1, 0.15) is 0 Å². The number of thioether (sulfide) groups is 1. The van der Waals surface area contributed by atoms with Gasteiger partial charge in [0, 0.05) is 16.8 Å². The lowest BCUT2D eigenvalue weighted by Gasteiger charge is -2.10. The second-order valence-corrected chi connectivity index (χ2v) is 7.36. The van der Waals surface area contributed by atoms with Crippen LogP contribution in [0.25, 0.3) is 17.1 Å². The summed E-state index contributed by atoms with van der Waals surface area (Å²) in [5, 5.41) is 9.50. The number of Topliss-reactive ketones (excluding diaryl/α,β-unsaturated/α-hetero) is 1. The molecule has 4 aromatic rings. The summed E-state index contributed by atoms with van der Waals surface area (Å²) in [6.45, 7) is 6.06. The Kier molecular flexibility index (Phi) is 7.57. The van der Waals surface area contributed by atoms with E-state index in [-0.39, 0.29) is 5.78 Å². The van der Waals surface area contributed by atoms with E-state index in [1.165, 1.54) is 17.3 Å². The van der Waals surface area contributed by atoms with Crippen LogP contribution in [0, 0.1) is 6.92 Å². The average molecular weight is 416 g/mol. The third kappa shape index (κ3) is 5.05. The number of hydrogen-bond acceptors (Lipinski definition) is 4. The molecule has 5 heteroatoms. The van der Waals surface area contributed by atoms with Gasteiger partial charge in [0.2, 0.25) is 0 Å². The minimum atomic E-state index is 0.0742. The van der Waals surface area contributed by atoms with Crippen LogP contribution in [0.15, 0.2) is 90.1 Å². The molecule has 0 atom stereocenters. The summed E-state index contributed by atoms with van der Waals surface area (Å²) >= 11 is 1.40. The molecule has 0 aliphatic heterocycles. The van der Waals surface area contributed by atoms with Crippen molar-refractivity contribution < 1.29 is 4.79 Å². The Labute approximate surface area is 182 Å². The van der Waals surface area contributed by atoms with E-state index in [0.717, 1.165) is 17.1 Å². The van der Waals surface area contributed by atoms with E-state index in [1.54, 1.807) is 0 Å². The summed E-state index contributed by atoms with van der Waals surface area (Å²) in [5.41, 5.74) is 3.86. The quantitative estimate of drug-likeness (QED) is 0.276. The highest BCUT2D eigenvalue weighted by Gasteiger charge is 2.17. The molecule has 0 bridgehead atoms. The highest BCUT2D eigenvalue weighted by atomic mass is 32.2. The highest BCUT2D eigenvalue weighted by molar-refractivity contribution is 7.99. The molecule has 0 saturated carbocycles. The van der Waals surface area contributed by atoms with E-state index in [1.807, 2.05) is 91.2 Å². The normalized spacial score (nSPS) is 10.2. The maximum absolute atomic E-state index is 12.5. The Bertz CT molecular complexity index is 1070. The van der Waals surface area contributed by atoms with Crippen LogP contribution < -0.4 is 0 Å². The fourth-order valence-electron chi connectivity index (χ4n) is 2.90. The lowest BCUT2D eigenvalue weighted by molar-refractivity contribution is 0.102. The molecule has 0 radical (unpaired) electrons. The third-order valence-corrected chi connectivity index (χ3v) is 5.31. The van der Waals surface area contributed by atoms with Gasteiger partial charge < -0.3 is 0 Å². The molecule has 152 valence electrons. The van der Waals surface area contributed by atoms with Crippen LogP contribution in [0.5, 0.6) is 0 Å².